The summed E-state index contributed by atoms with van der Waals surface area (Å²) in [6, 6.07) is 4.09. The number of hydrogen-bond donors (Lipinski definition) is 3. The summed E-state index contributed by atoms with van der Waals surface area (Å²) in [5.74, 6) is 4.74. The summed E-state index contributed by atoms with van der Waals surface area (Å²) in [5.41, 5.74) is 3.44. The molecule has 4 N–H and O–H groups in total. The number of carbonyl (C=O) groups excluding carboxylic acids is 1. The molecule has 0 aliphatic heterocycles. The molecule has 1 amide bonds. The van der Waals surface area contributed by atoms with Gasteiger partial charge in [0.15, 0.2) is 0 Å². The quantitative estimate of drug-likeness (QED) is 0.398. The predicted octanol–water partition coefficient (Wildman–Crippen LogP) is 0.422. The highest BCUT2D eigenvalue weighted by molar-refractivity contribution is 5.93. The zero-order valence-electron chi connectivity index (χ0n) is 11.6. The fourth-order valence-corrected chi connectivity index (χ4v) is 2.73. The van der Waals surface area contributed by atoms with Crippen molar-refractivity contribution in [2.24, 2.45) is 5.84 Å². The summed E-state index contributed by atoms with van der Waals surface area (Å²) in [4.78, 5) is 17.9. The van der Waals surface area contributed by atoms with Gasteiger partial charge in [-0.1, -0.05) is 12.8 Å². The molecule has 1 saturated carbocycles. The number of nitrogens with two attached hydrogens (primary N) is 1. The highest BCUT2D eigenvalue weighted by atomic mass is 16.3. The fourth-order valence-electron chi connectivity index (χ4n) is 2.73. The lowest BCUT2D eigenvalue weighted by Crippen LogP contribution is -2.35. The van der Waals surface area contributed by atoms with Gasteiger partial charge < -0.3 is 5.11 Å². The molecule has 110 valence electrons. The summed E-state index contributed by atoms with van der Waals surface area (Å²) < 4.78 is 0. The number of aliphatic hydroxyl groups is 1. The molecule has 1 heterocycles. The van der Waals surface area contributed by atoms with Gasteiger partial charge in [0.2, 0.25) is 0 Å². The predicted molar refractivity (Wildman–Crippen MR) is 75.6 cm³/mol. The largest absolute Gasteiger partial charge is 0.395 e. The highest BCUT2D eigenvalue weighted by Gasteiger charge is 2.22. The van der Waals surface area contributed by atoms with Crippen molar-refractivity contribution in [1.29, 1.82) is 0 Å². The van der Waals surface area contributed by atoms with E-state index in [4.69, 9.17) is 5.84 Å². The van der Waals surface area contributed by atoms with Crippen LogP contribution in [-0.2, 0) is 6.54 Å². The van der Waals surface area contributed by atoms with Crippen LogP contribution in [0.3, 0.4) is 0 Å². The molecule has 0 atom stereocenters. The Balaban J connectivity index is 2.00. The molecule has 0 unspecified atom stereocenters. The Morgan fingerprint density at radius 1 is 1.45 bits per heavy atom. The average Bonchev–Trinajstić information content (AvgIpc) is 3.01. The maximum Gasteiger partial charge on any atom is 0.266 e. The average molecular weight is 278 g/mol. The van der Waals surface area contributed by atoms with Crippen LogP contribution in [0.25, 0.3) is 0 Å². The van der Waals surface area contributed by atoms with Gasteiger partial charge in [-0.2, -0.15) is 0 Å². The van der Waals surface area contributed by atoms with E-state index in [2.05, 4.69) is 15.3 Å². The van der Waals surface area contributed by atoms with E-state index in [1.54, 1.807) is 6.07 Å². The highest BCUT2D eigenvalue weighted by Crippen LogP contribution is 2.24. The first-order valence-corrected chi connectivity index (χ1v) is 7.05. The zero-order valence-corrected chi connectivity index (χ0v) is 11.6. The molecule has 0 bridgehead atoms. The van der Waals surface area contributed by atoms with E-state index in [-0.39, 0.29) is 12.5 Å². The lowest BCUT2D eigenvalue weighted by Gasteiger charge is -2.27. The number of carbonyl (C=O) groups is 1. The minimum Gasteiger partial charge on any atom is -0.395 e. The molecular weight excluding hydrogens is 256 g/mol. The van der Waals surface area contributed by atoms with Gasteiger partial charge >= 0.3 is 0 Å². The molecule has 0 saturated heterocycles. The van der Waals surface area contributed by atoms with Gasteiger partial charge in [0.1, 0.15) is 0 Å². The smallest absolute Gasteiger partial charge is 0.266 e. The Bertz CT molecular complexity index is 429. The standard InChI is InChI=1S/C14H22N4O2/c15-17-14(20)11-5-6-12(16-9-11)10-18(7-8-19)13-3-1-2-4-13/h5-6,9,13,19H,1-4,7-8,10,15H2,(H,17,20). The van der Waals surface area contributed by atoms with Crippen LogP contribution in [0.15, 0.2) is 18.3 Å². The molecular formula is C14H22N4O2. The van der Waals surface area contributed by atoms with Crippen LogP contribution in [0.2, 0.25) is 0 Å². The molecule has 0 aromatic carbocycles. The summed E-state index contributed by atoms with van der Waals surface area (Å²) in [7, 11) is 0. The van der Waals surface area contributed by atoms with Gasteiger partial charge in [-0.15, -0.1) is 0 Å². The number of pyridine rings is 1. The Labute approximate surface area is 119 Å². The first kappa shape index (κ1) is 14.9. The molecule has 0 radical (unpaired) electrons. The van der Waals surface area contributed by atoms with Gasteiger partial charge in [0.25, 0.3) is 5.91 Å². The molecule has 1 aliphatic rings. The minimum absolute atomic E-state index is 0.157. The number of aliphatic hydroxyl groups excluding tert-OH is 1. The first-order valence-electron chi connectivity index (χ1n) is 7.05. The van der Waals surface area contributed by atoms with Crippen molar-refractivity contribution in [3.05, 3.63) is 29.6 Å². The maximum absolute atomic E-state index is 11.3. The van der Waals surface area contributed by atoms with E-state index >= 15 is 0 Å². The van der Waals surface area contributed by atoms with E-state index < -0.39 is 0 Å². The first-order chi connectivity index (χ1) is 9.74. The SMILES string of the molecule is NNC(=O)c1ccc(CN(CCO)C2CCCC2)nc1. The molecule has 20 heavy (non-hydrogen) atoms. The molecule has 0 spiro atoms. The summed E-state index contributed by atoms with van der Waals surface area (Å²) in [5, 5.41) is 9.19. The normalized spacial score (nSPS) is 15.8. The van der Waals surface area contributed by atoms with Crippen molar-refractivity contribution in [1.82, 2.24) is 15.3 Å². The van der Waals surface area contributed by atoms with E-state index in [1.807, 2.05) is 6.07 Å². The van der Waals surface area contributed by atoms with Gasteiger partial charge in [-0.25, -0.2) is 5.84 Å². The summed E-state index contributed by atoms with van der Waals surface area (Å²) >= 11 is 0. The molecule has 1 aromatic rings. The number of hydrogen-bond acceptors (Lipinski definition) is 5. The van der Waals surface area contributed by atoms with Crippen molar-refractivity contribution in [3.63, 3.8) is 0 Å². The van der Waals surface area contributed by atoms with E-state index in [1.165, 1.54) is 31.9 Å². The van der Waals surface area contributed by atoms with Crippen molar-refractivity contribution >= 4 is 5.91 Å². The third kappa shape index (κ3) is 3.75. The van der Waals surface area contributed by atoms with Crippen LogP contribution in [0.4, 0.5) is 0 Å². The van der Waals surface area contributed by atoms with Crippen LogP contribution in [0.5, 0.6) is 0 Å². The number of nitrogen functional groups attached to an aromatic ring is 1. The molecule has 6 heteroatoms. The van der Waals surface area contributed by atoms with Crippen LogP contribution in [0, 0.1) is 0 Å². The van der Waals surface area contributed by atoms with Crippen LogP contribution in [0.1, 0.15) is 41.7 Å². The second kappa shape index (κ2) is 7.33. The molecule has 1 aromatic heterocycles. The third-order valence-corrected chi connectivity index (χ3v) is 3.81. The zero-order chi connectivity index (χ0) is 14.4. The maximum atomic E-state index is 11.3. The second-order valence-corrected chi connectivity index (χ2v) is 5.14. The molecule has 6 nitrogen and oxygen atoms in total. The number of amides is 1. The molecule has 1 aliphatic carbocycles. The molecule has 2 rings (SSSR count). The minimum atomic E-state index is -0.341. The number of hydrazine groups is 1. The topological polar surface area (TPSA) is 91.5 Å². The summed E-state index contributed by atoms with van der Waals surface area (Å²) in [6.07, 6.45) is 6.43. The summed E-state index contributed by atoms with van der Waals surface area (Å²) in [6.45, 7) is 1.53. The van der Waals surface area contributed by atoms with Crippen molar-refractivity contribution in [2.75, 3.05) is 13.2 Å². The van der Waals surface area contributed by atoms with Gasteiger partial charge in [0, 0.05) is 25.3 Å². The molecule has 1 fully saturated rings. The third-order valence-electron chi connectivity index (χ3n) is 3.81. The number of nitrogens with zero attached hydrogens (tertiary/aromatic N) is 2. The van der Waals surface area contributed by atoms with Gasteiger partial charge in [-0.3, -0.25) is 20.1 Å². The van der Waals surface area contributed by atoms with Gasteiger partial charge in [0.05, 0.1) is 17.9 Å². The van der Waals surface area contributed by atoms with Crippen molar-refractivity contribution in [3.8, 4) is 0 Å². The Hall–Kier alpha value is -1.50. The van der Waals surface area contributed by atoms with E-state index in [9.17, 15) is 9.90 Å². The second-order valence-electron chi connectivity index (χ2n) is 5.14. The Morgan fingerprint density at radius 2 is 2.20 bits per heavy atom. The number of aromatic nitrogens is 1. The fraction of sp³-hybridized carbons (Fsp3) is 0.571. The van der Waals surface area contributed by atoms with Crippen molar-refractivity contribution in [2.45, 2.75) is 38.3 Å². The van der Waals surface area contributed by atoms with Crippen LogP contribution < -0.4 is 11.3 Å². The lowest BCUT2D eigenvalue weighted by atomic mass is 10.2. The number of rotatable bonds is 6. The van der Waals surface area contributed by atoms with Crippen LogP contribution in [-0.4, -0.2) is 40.1 Å². The van der Waals surface area contributed by atoms with Gasteiger partial charge in [-0.05, 0) is 25.0 Å². The monoisotopic (exact) mass is 278 g/mol. The Kier molecular flexibility index (Phi) is 5.46. The van der Waals surface area contributed by atoms with Crippen molar-refractivity contribution < 1.29 is 9.90 Å². The van der Waals surface area contributed by atoms with Crippen LogP contribution >= 0.6 is 0 Å². The van der Waals surface area contributed by atoms with E-state index in [0.717, 1.165) is 5.69 Å². The van der Waals surface area contributed by atoms with E-state index in [0.29, 0.717) is 24.7 Å². The lowest BCUT2D eigenvalue weighted by molar-refractivity contribution is 0.0953. The number of nitrogens with one attached hydrogen (secondary N) is 1. The Morgan fingerprint density at radius 3 is 2.75 bits per heavy atom.